The number of carbonyl (C=O) groups excluding carboxylic acids is 1. The topological polar surface area (TPSA) is 98.7 Å². The maximum absolute atomic E-state index is 12.3. The van der Waals surface area contributed by atoms with E-state index in [-0.39, 0.29) is 18.1 Å². The second-order valence-electron chi connectivity index (χ2n) is 6.49. The number of aromatic hydroxyl groups is 1. The smallest absolute Gasteiger partial charge is 0.326 e. The van der Waals surface area contributed by atoms with E-state index in [1.807, 2.05) is 0 Å². The van der Waals surface area contributed by atoms with E-state index in [4.69, 9.17) is 0 Å². The van der Waals surface area contributed by atoms with Crippen LogP contribution < -0.4 is 10.6 Å². The molecule has 24 heavy (non-hydrogen) atoms. The molecule has 1 aliphatic rings. The molecule has 1 fully saturated rings. The molecule has 0 spiro atoms. The number of nitrogens with one attached hydrogen (secondary N) is 2. The van der Waals surface area contributed by atoms with Crippen molar-refractivity contribution in [3.05, 3.63) is 29.8 Å². The van der Waals surface area contributed by atoms with Crippen LogP contribution in [0.25, 0.3) is 0 Å². The maximum atomic E-state index is 12.3. The summed E-state index contributed by atoms with van der Waals surface area (Å²) < 4.78 is 0. The van der Waals surface area contributed by atoms with Crippen LogP contribution in [0.15, 0.2) is 24.3 Å². The van der Waals surface area contributed by atoms with E-state index in [0.29, 0.717) is 6.04 Å². The first-order valence-corrected chi connectivity index (χ1v) is 8.53. The number of hydrogen-bond donors (Lipinski definition) is 4. The minimum absolute atomic E-state index is 0.125. The number of phenols is 1. The van der Waals surface area contributed by atoms with E-state index in [0.717, 1.165) is 18.4 Å². The molecule has 1 aromatic carbocycles. The first-order chi connectivity index (χ1) is 11.5. The molecule has 6 nitrogen and oxygen atoms in total. The Bertz CT molecular complexity index is 553. The van der Waals surface area contributed by atoms with Gasteiger partial charge in [0.05, 0.1) is 6.04 Å². The van der Waals surface area contributed by atoms with Gasteiger partial charge in [0.1, 0.15) is 11.8 Å². The fourth-order valence-electron chi connectivity index (χ4n) is 3.06. The lowest BCUT2D eigenvalue weighted by atomic mass is 9.95. The summed E-state index contributed by atoms with van der Waals surface area (Å²) in [7, 11) is 0. The zero-order valence-electron chi connectivity index (χ0n) is 14.0. The van der Waals surface area contributed by atoms with Crippen molar-refractivity contribution >= 4 is 11.9 Å². The minimum Gasteiger partial charge on any atom is -0.508 e. The summed E-state index contributed by atoms with van der Waals surface area (Å²) in [4.78, 5) is 23.7. The van der Waals surface area contributed by atoms with E-state index in [2.05, 4.69) is 10.6 Å². The number of amides is 1. The summed E-state index contributed by atoms with van der Waals surface area (Å²) in [5.41, 5.74) is 0.744. The highest BCUT2D eigenvalue weighted by molar-refractivity contribution is 5.86. The number of carbonyl (C=O) groups is 2. The number of carboxylic acid groups (broad SMARTS) is 1. The fraction of sp³-hybridized carbons (Fsp3) is 0.556. The molecule has 1 aromatic rings. The quantitative estimate of drug-likeness (QED) is 0.610. The van der Waals surface area contributed by atoms with Crippen molar-refractivity contribution in [2.24, 2.45) is 0 Å². The minimum atomic E-state index is -1.07. The Labute approximate surface area is 142 Å². The molecule has 132 valence electrons. The molecule has 1 saturated carbocycles. The largest absolute Gasteiger partial charge is 0.508 e. The number of aliphatic carboxylic acids is 1. The van der Waals surface area contributed by atoms with Crippen molar-refractivity contribution in [2.45, 2.75) is 63.6 Å². The van der Waals surface area contributed by atoms with Crippen LogP contribution >= 0.6 is 0 Å². The Kier molecular flexibility index (Phi) is 6.61. The Hall–Kier alpha value is -2.08. The monoisotopic (exact) mass is 334 g/mol. The van der Waals surface area contributed by atoms with Crippen LogP contribution in [0.4, 0.5) is 0 Å². The Morgan fingerprint density at radius 2 is 1.79 bits per heavy atom. The zero-order valence-corrected chi connectivity index (χ0v) is 14.0. The van der Waals surface area contributed by atoms with Crippen LogP contribution in [0.2, 0.25) is 0 Å². The van der Waals surface area contributed by atoms with E-state index >= 15 is 0 Å². The van der Waals surface area contributed by atoms with E-state index < -0.39 is 18.1 Å². The van der Waals surface area contributed by atoms with Gasteiger partial charge >= 0.3 is 5.97 Å². The lowest BCUT2D eigenvalue weighted by Gasteiger charge is -2.27. The first kappa shape index (κ1) is 18.3. The molecular weight excluding hydrogens is 308 g/mol. The van der Waals surface area contributed by atoms with Gasteiger partial charge < -0.3 is 20.8 Å². The molecule has 1 aliphatic carbocycles. The highest BCUT2D eigenvalue weighted by Crippen LogP contribution is 2.18. The predicted molar refractivity (Wildman–Crippen MR) is 90.8 cm³/mol. The summed E-state index contributed by atoms with van der Waals surface area (Å²) in [6.07, 6.45) is 5.89. The van der Waals surface area contributed by atoms with Gasteiger partial charge in [-0.1, -0.05) is 31.4 Å². The SMILES string of the molecule is C[C@H](NC1CCCCC1)C(=O)N[C@@H](Cc1ccc(O)cc1)C(=O)O. The molecule has 2 rings (SSSR count). The van der Waals surface area contributed by atoms with E-state index in [9.17, 15) is 19.8 Å². The van der Waals surface area contributed by atoms with Crippen LogP contribution in [-0.4, -0.2) is 40.2 Å². The van der Waals surface area contributed by atoms with E-state index in [1.54, 1.807) is 19.1 Å². The third-order valence-corrected chi connectivity index (χ3v) is 4.47. The number of phenolic OH excluding ortho intramolecular Hbond substituents is 1. The fourth-order valence-corrected chi connectivity index (χ4v) is 3.06. The Morgan fingerprint density at radius 1 is 1.17 bits per heavy atom. The maximum Gasteiger partial charge on any atom is 0.326 e. The van der Waals surface area contributed by atoms with Gasteiger partial charge in [0.25, 0.3) is 0 Å². The lowest BCUT2D eigenvalue weighted by molar-refractivity contribution is -0.142. The molecule has 0 heterocycles. The molecule has 6 heteroatoms. The number of rotatable bonds is 7. The van der Waals surface area contributed by atoms with Crippen LogP contribution in [0.5, 0.6) is 5.75 Å². The van der Waals surface area contributed by atoms with Crippen molar-refractivity contribution in [3.8, 4) is 5.75 Å². The molecule has 0 aromatic heterocycles. The summed E-state index contributed by atoms with van der Waals surface area (Å²) in [5.74, 6) is -1.24. The van der Waals surface area contributed by atoms with Crippen molar-refractivity contribution in [3.63, 3.8) is 0 Å². The lowest BCUT2D eigenvalue weighted by Crippen LogP contribution is -2.52. The van der Waals surface area contributed by atoms with Crippen molar-refractivity contribution in [1.29, 1.82) is 0 Å². The highest BCUT2D eigenvalue weighted by atomic mass is 16.4. The van der Waals surface area contributed by atoms with Gasteiger partial charge in [-0.3, -0.25) is 4.79 Å². The Balaban J connectivity index is 1.89. The molecule has 2 atom stereocenters. The standard InChI is InChI=1S/C18H26N2O4/c1-12(19-14-5-3-2-4-6-14)17(22)20-16(18(23)24)11-13-7-9-15(21)10-8-13/h7-10,12,14,16,19,21H,2-6,11H2,1H3,(H,20,22)(H,23,24)/t12-,16-/m0/s1. The van der Waals surface area contributed by atoms with Gasteiger partial charge in [-0.25, -0.2) is 4.79 Å². The molecule has 1 amide bonds. The Morgan fingerprint density at radius 3 is 2.38 bits per heavy atom. The van der Waals surface area contributed by atoms with Gasteiger partial charge in [-0.05, 0) is 37.5 Å². The third kappa shape index (κ3) is 5.53. The van der Waals surface area contributed by atoms with Gasteiger partial charge in [0.15, 0.2) is 0 Å². The summed E-state index contributed by atoms with van der Waals surface area (Å²) in [6.45, 7) is 1.77. The first-order valence-electron chi connectivity index (χ1n) is 8.53. The molecule has 0 aliphatic heterocycles. The van der Waals surface area contributed by atoms with Crippen LogP contribution in [0.3, 0.4) is 0 Å². The van der Waals surface area contributed by atoms with Gasteiger partial charge in [0.2, 0.25) is 5.91 Å². The predicted octanol–water partition coefficient (Wildman–Crippen LogP) is 1.81. The van der Waals surface area contributed by atoms with Gasteiger partial charge in [0, 0.05) is 12.5 Å². The summed E-state index contributed by atoms with van der Waals surface area (Å²) >= 11 is 0. The van der Waals surface area contributed by atoms with Crippen LogP contribution in [-0.2, 0) is 16.0 Å². The second-order valence-corrected chi connectivity index (χ2v) is 6.49. The number of benzene rings is 1. The molecule has 0 saturated heterocycles. The number of hydrogen-bond acceptors (Lipinski definition) is 4. The summed E-state index contributed by atoms with van der Waals surface area (Å²) in [6, 6.07) is 5.24. The van der Waals surface area contributed by atoms with Gasteiger partial charge in [-0.2, -0.15) is 0 Å². The van der Waals surface area contributed by atoms with E-state index in [1.165, 1.54) is 31.4 Å². The third-order valence-electron chi connectivity index (χ3n) is 4.47. The second kappa shape index (κ2) is 8.68. The zero-order chi connectivity index (χ0) is 17.5. The molecule has 4 N–H and O–H groups in total. The normalized spacial score (nSPS) is 17.9. The molecule has 0 bridgehead atoms. The summed E-state index contributed by atoms with van der Waals surface area (Å²) in [5, 5.41) is 24.5. The molecule has 0 radical (unpaired) electrons. The van der Waals surface area contributed by atoms with Crippen molar-refractivity contribution < 1.29 is 19.8 Å². The van der Waals surface area contributed by atoms with Gasteiger partial charge in [-0.15, -0.1) is 0 Å². The van der Waals surface area contributed by atoms with Crippen molar-refractivity contribution in [2.75, 3.05) is 0 Å². The molecular formula is C18H26N2O4. The number of carboxylic acids is 1. The highest BCUT2D eigenvalue weighted by Gasteiger charge is 2.25. The molecule has 0 unspecified atom stereocenters. The van der Waals surface area contributed by atoms with Crippen LogP contribution in [0.1, 0.15) is 44.6 Å². The average Bonchev–Trinajstić information content (AvgIpc) is 2.56. The van der Waals surface area contributed by atoms with Crippen LogP contribution in [0, 0.1) is 0 Å². The van der Waals surface area contributed by atoms with Crippen molar-refractivity contribution in [1.82, 2.24) is 10.6 Å². The average molecular weight is 334 g/mol.